The molecular weight excluding hydrogens is 322 g/mol. The van der Waals surface area contributed by atoms with E-state index in [-0.39, 0.29) is 24.3 Å². The highest BCUT2D eigenvalue weighted by molar-refractivity contribution is 7.10. The highest BCUT2D eigenvalue weighted by Crippen LogP contribution is 2.32. The molecular formula is C19H21NO3S. The van der Waals surface area contributed by atoms with Crippen LogP contribution in [0.3, 0.4) is 0 Å². The van der Waals surface area contributed by atoms with Gasteiger partial charge in [-0.25, -0.2) is 0 Å². The van der Waals surface area contributed by atoms with Crippen LogP contribution < -0.4 is 4.74 Å². The third-order valence-corrected chi connectivity index (χ3v) is 5.45. The van der Waals surface area contributed by atoms with Gasteiger partial charge in [-0.15, -0.1) is 11.3 Å². The zero-order valence-electron chi connectivity index (χ0n) is 14.0. The van der Waals surface area contributed by atoms with Gasteiger partial charge in [0, 0.05) is 23.4 Å². The first-order valence-electron chi connectivity index (χ1n) is 8.22. The topological polar surface area (TPSA) is 46.6 Å². The van der Waals surface area contributed by atoms with E-state index in [2.05, 4.69) is 18.4 Å². The molecule has 0 bridgehead atoms. The van der Waals surface area contributed by atoms with E-state index < -0.39 is 0 Å². The molecule has 4 nitrogen and oxygen atoms in total. The van der Waals surface area contributed by atoms with Gasteiger partial charge < -0.3 is 9.64 Å². The van der Waals surface area contributed by atoms with Gasteiger partial charge in [0.2, 0.25) is 0 Å². The Morgan fingerprint density at radius 1 is 1.25 bits per heavy atom. The highest BCUT2D eigenvalue weighted by Gasteiger charge is 2.28. The average molecular weight is 343 g/mol. The quantitative estimate of drug-likeness (QED) is 0.774. The molecule has 5 heteroatoms. The molecule has 1 atom stereocenters. The summed E-state index contributed by atoms with van der Waals surface area (Å²) < 4.78 is 5.61. The minimum atomic E-state index is -0.00642. The van der Waals surface area contributed by atoms with Crippen LogP contribution in [-0.2, 0) is 11.2 Å². The van der Waals surface area contributed by atoms with Crippen molar-refractivity contribution < 1.29 is 14.3 Å². The molecule has 0 aliphatic carbocycles. The number of carbonyl (C=O) groups excluding carboxylic acids is 2. The van der Waals surface area contributed by atoms with Gasteiger partial charge in [-0.3, -0.25) is 9.59 Å². The molecule has 2 aromatic rings. The van der Waals surface area contributed by atoms with Crippen LogP contribution in [0, 0.1) is 0 Å². The van der Waals surface area contributed by atoms with E-state index in [9.17, 15) is 9.59 Å². The second-order valence-corrected chi connectivity index (χ2v) is 6.90. The lowest BCUT2D eigenvalue weighted by atomic mass is 10.0. The van der Waals surface area contributed by atoms with Gasteiger partial charge in [-0.1, -0.05) is 6.92 Å². The second-order valence-electron chi connectivity index (χ2n) is 5.90. The van der Waals surface area contributed by atoms with Gasteiger partial charge in [0.1, 0.15) is 5.75 Å². The van der Waals surface area contributed by atoms with Gasteiger partial charge in [-0.05, 0) is 54.6 Å². The van der Waals surface area contributed by atoms with Crippen molar-refractivity contribution in [3.05, 3.63) is 51.7 Å². The van der Waals surface area contributed by atoms with Crippen molar-refractivity contribution in [1.29, 1.82) is 0 Å². The lowest BCUT2D eigenvalue weighted by Gasteiger charge is -2.33. The number of fused-ring (bicyclic) bond motifs is 1. The van der Waals surface area contributed by atoms with Gasteiger partial charge in [0.05, 0.1) is 6.04 Å². The van der Waals surface area contributed by atoms with E-state index in [1.54, 1.807) is 35.6 Å². The van der Waals surface area contributed by atoms with Crippen LogP contribution in [0.25, 0.3) is 0 Å². The monoisotopic (exact) mass is 343 g/mol. The van der Waals surface area contributed by atoms with Gasteiger partial charge >= 0.3 is 0 Å². The average Bonchev–Trinajstić information content (AvgIpc) is 3.09. The molecule has 0 saturated heterocycles. The number of nitrogens with zero attached hydrogens (tertiary/aromatic N) is 1. The van der Waals surface area contributed by atoms with Crippen LogP contribution >= 0.6 is 11.3 Å². The molecule has 2 heterocycles. The number of amides is 1. The molecule has 1 aromatic carbocycles. The maximum absolute atomic E-state index is 12.5. The summed E-state index contributed by atoms with van der Waals surface area (Å²) >= 11 is 1.76. The third-order valence-electron chi connectivity index (χ3n) is 4.46. The number of ether oxygens (including phenoxy) is 1. The molecule has 0 N–H and O–H groups in total. The summed E-state index contributed by atoms with van der Waals surface area (Å²) in [6.07, 6.45) is 1.40. The van der Waals surface area contributed by atoms with E-state index >= 15 is 0 Å². The van der Waals surface area contributed by atoms with E-state index in [0.29, 0.717) is 17.7 Å². The Labute approximate surface area is 146 Å². The van der Waals surface area contributed by atoms with E-state index in [1.165, 1.54) is 10.4 Å². The first-order chi connectivity index (χ1) is 11.6. The van der Waals surface area contributed by atoms with Crippen LogP contribution in [0.15, 0.2) is 35.7 Å². The lowest BCUT2D eigenvalue weighted by molar-refractivity contribution is -0.135. The molecule has 0 radical (unpaired) electrons. The molecule has 126 valence electrons. The summed E-state index contributed by atoms with van der Waals surface area (Å²) in [6.45, 7) is 4.66. The number of rotatable bonds is 5. The van der Waals surface area contributed by atoms with Crippen LogP contribution in [0.4, 0.5) is 0 Å². The molecule has 1 aromatic heterocycles. The molecule has 3 rings (SSSR count). The second kappa shape index (κ2) is 7.18. The Morgan fingerprint density at radius 3 is 2.71 bits per heavy atom. The van der Waals surface area contributed by atoms with Crippen molar-refractivity contribution in [3.8, 4) is 5.75 Å². The molecule has 24 heavy (non-hydrogen) atoms. The smallest absolute Gasteiger partial charge is 0.261 e. The summed E-state index contributed by atoms with van der Waals surface area (Å²) in [5.41, 5.74) is 1.92. The Balaban J connectivity index is 1.59. The van der Waals surface area contributed by atoms with Crippen molar-refractivity contribution in [2.75, 3.05) is 13.2 Å². The Bertz CT molecular complexity index is 735. The van der Waals surface area contributed by atoms with E-state index in [4.69, 9.17) is 4.74 Å². The van der Waals surface area contributed by atoms with E-state index in [0.717, 1.165) is 13.0 Å². The number of Topliss-reactive ketones (excluding diaryl/α,β-unsaturated/α-hetero) is 1. The summed E-state index contributed by atoms with van der Waals surface area (Å²) in [4.78, 5) is 27.4. The predicted octanol–water partition coefficient (Wildman–Crippen LogP) is 3.87. The molecule has 0 saturated carbocycles. The largest absolute Gasteiger partial charge is 0.484 e. The maximum atomic E-state index is 12.5. The van der Waals surface area contributed by atoms with Crippen molar-refractivity contribution in [1.82, 2.24) is 4.90 Å². The Kier molecular flexibility index (Phi) is 5.00. The summed E-state index contributed by atoms with van der Waals surface area (Å²) in [6, 6.07) is 9.17. The van der Waals surface area contributed by atoms with Crippen LogP contribution in [0.1, 0.15) is 47.1 Å². The zero-order valence-corrected chi connectivity index (χ0v) is 14.8. The molecule has 1 amide bonds. The summed E-state index contributed by atoms with van der Waals surface area (Å²) in [5.74, 6) is 0.705. The number of carbonyl (C=O) groups is 2. The molecule has 0 unspecified atom stereocenters. The van der Waals surface area contributed by atoms with Crippen molar-refractivity contribution in [2.45, 2.75) is 32.7 Å². The first-order valence-corrected chi connectivity index (χ1v) is 9.10. The molecule has 1 aliphatic heterocycles. The van der Waals surface area contributed by atoms with Gasteiger partial charge in [-0.2, -0.15) is 0 Å². The number of hydrogen-bond acceptors (Lipinski definition) is 4. The zero-order chi connectivity index (χ0) is 17.1. The Hall–Kier alpha value is -2.14. The fourth-order valence-electron chi connectivity index (χ4n) is 3.02. The third kappa shape index (κ3) is 3.36. The van der Waals surface area contributed by atoms with Crippen LogP contribution in [0.5, 0.6) is 5.75 Å². The minimum absolute atomic E-state index is 0.00642. The fourth-order valence-corrected chi connectivity index (χ4v) is 3.98. The minimum Gasteiger partial charge on any atom is -0.484 e. The van der Waals surface area contributed by atoms with Crippen molar-refractivity contribution in [2.24, 2.45) is 0 Å². The van der Waals surface area contributed by atoms with Crippen molar-refractivity contribution >= 4 is 23.0 Å². The number of ketones is 1. The normalized spacial score (nSPS) is 16.6. The molecule has 0 fully saturated rings. The lowest BCUT2D eigenvalue weighted by Crippen LogP contribution is -2.40. The standard InChI is InChI=1S/C19H21NO3S/c1-3-17(21)14-4-6-15(7-5-14)23-12-19(22)20-10-8-18-16(13(20)2)9-11-24-18/h4-7,9,11,13H,3,8,10,12H2,1-2H3/t13-/m1/s1. The number of hydrogen-bond donors (Lipinski definition) is 0. The number of benzene rings is 1. The summed E-state index contributed by atoms with van der Waals surface area (Å²) in [5, 5.41) is 2.09. The molecule has 1 aliphatic rings. The highest BCUT2D eigenvalue weighted by atomic mass is 32.1. The first kappa shape index (κ1) is 16.7. The Morgan fingerprint density at radius 2 is 2.00 bits per heavy atom. The molecule has 0 spiro atoms. The maximum Gasteiger partial charge on any atom is 0.261 e. The van der Waals surface area contributed by atoms with E-state index in [1.807, 2.05) is 11.8 Å². The summed E-state index contributed by atoms with van der Waals surface area (Å²) in [7, 11) is 0. The van der Waals surface area contributed by atoms with Crippen molar-refractivity contribution in [3.63, 3.8) is 0 Å². The van der Waals surface area contributed by atoms with Crippen LogP contribution in [0.2, 0.25) is 0 Å². The SMILES string of the molecule is CCC(=O)c1ccc(OCC(=O)N2CCc3sccc3[C@H]2C)cc1. The van der Waals surface area contributed by atoms with Gasteiger partial charge in [0.25, 0.3) is 5.91 Å². The fraction of sp³-hybridized carbons (Fsp3) is 0.368. The predicted molar refractivity (Wildman–Crippen MR) is 94.7 cm³/mol. The van der Waals surface area contributed by atoms with Crippen LogP contribution in [-0.4, -0.2) is 29.7 Å². The number of thiophene rings is 1. The van der Waals surface area contributed by atoms with Gasteiger partial charge in [0.15, 0.2) is 12.4 Å².